The smallest absolute Gasteiger partial charge is 0.390 e. The van der Waals surface area contributed by atoms with Gasteiger partial charge in [-0.1, -0.05) is 11.6 Å². The van der Waals surface area contributed by atoms with Crippen LogP contribution in [-0.4, -0.2) is 50.9 Å². The van der Waals surface area contributed by atoms with Crippen LogP contribution in [0.15, 0.2) is 24.3 Å². The molecule has 4 rings (SSSR count). The van der Waals surface area contributed by atoms with Crippen LogP contribution in [0.25, 0.3) is 10.9 Å². The van der Waals surface area contributed by atoms with E-state index in [-0.39, 0.29) is 31.2 Å². The van der Waals surface area contributed by atoms with Crippen LogP contribution < -0.4 is 0 Å². The Morgan fingerprint density at radius 3 is 2.65 bits per heavy atom. The van der Waals surface area contributed by atoms with Gasteiger partial charge in [-0.25, -0.2) is 4.79 Å². The van der Waals surface area contributed by atoms with E-state index >= 15 is 0 Å². The van der Waals surface area contributed by atoms with Gasteiger partial charge >= 0.3 is 12.1 Å². The Hall–Kier alpha value is -3.43. The highest BCUT2D eigenvalue weighted by molar-refractivity contribution is 6.06. The van der Waals surface area contributed by atoms with Crippen LogP contribution in [0.3, 0.4) is 0 Å². The molecule has 3 aromatic rings. The van der Waals surface area contributed by atoms with E-state index in [0.29, 0.717) is 34.6 Å². The number of ether oxygens (including phenoxy) is 1. The van der Waals surface area contributed by atoms with E-state index in [1.807, 2.05) is 32.0 Å². The van der Waals surface area contributed by atoms with E-state index in [1.165, 1.54) is 4.68 Å². The quantitative estimate of drug-likeness (QED) is 0.513. The molecule has 0 atom stereocenters. The van der Waals surface area contributed by atoms with Crippen LogP contribution in [0.2, 0.25) is 0 Å². The first-order valence-corrected chi connectivity index (χ1v) is 11.1. The van der Waals surface area contributed by atoms with Crippen molar-refractivity contribution < 1.29 is 27.5 Å². The van der Waals surface area contributed by atoms with Gasteiger partial charge < -0.3 is 9.64 Å². The number of esters is 1. The molecule has 3 heterocycles. The van der Waals surface area contributed by atoms with Gasteiger partial charge in [0.05, 0.1) is 30.7 Å². The minimum atomic E-state index is -4.35. The molecular weight excluding hydrogens is 449 g/mol. The number of benzene rings is 1. The van der Waals surface area contributed by atoms with Crippen molar-refractivity contribution in [2.75, 3.05) is 13.2 Å². The summed E-state index contributed by atoms with van der Waals surface area (Å²) in [6.07, 6.45) is -5.13. The van der Waals surface area contributed by atoms with E-state index in [4.69, 9.17) is 4.74 Å². The molecule has 1 aliphatic heterocycles. The van der Waals surface area contributed by atoms with Gasteiger partial charge in [-0.15, -0.1) is 0 Å². The summed E-state index contributed by atoms with van der Waals surface area (Å²) in [5, 5.41) is 4.88. The van der Waals surface area contributed by atoms with Gasteiger partial charge in [-0.05, 0) is 39.0 Å². The number of hydrogen-bond acceptors (Lipinski definition) is 5. The molecule has 0 aliphatic carbocycles. The minimum Gasteiger partial charge on any atom is -0.461 e. The average molecular weight is 474 g/mol. The number of aromatic nitrogens is 3. The number of carbonyl (C=O) groups is 2. The number of halogens is 3. The number of hydrogen-bond donors (Lipinski definition) is 0. The fourth-order valence-corrected chi connectivity index (χ4v) is 4.26. The number of fused-ring (bicyclic) bond motifs is 2. The van der Waals surface area contributed by atoms with Crippen LogP contribution in [0.1, 0.15) is 56.7 Å². The normalized spacial score (nSPS) is 13.8. The lowest BCUT2D eigenvalue weighted by Crippen LogP contribution is -2.37. The minimum absolute atomic E-state index is 0.0388. The molecular formula is C24H25F3N4O3. The summed E-state index contributed by atoms with van der Waals surface area (Å²) in [4.78, 5) is 32.2. The second-order valence-corrected chi connectivity index (χ2v) is 8.39. The fraction of sp³-hybridized carbons (Fsp3) is 0.417. The van der Waals surface area contributed by atoms with Crippen molar-refractivity contribution in [3.05, 3.63) is 58.0 Å². The third-order valence-corrected chi connectivity index (χ3v) is 5.82. The van der Waals surface area contributed by atoms with Crippen molar-refractivity contribution in [2.24, 2.45) is 0 Å². The summed E-state index contributed by atoms with van der Waals surface area (Å²) in [5.41, 5.74) is 3.82. The van der Waals surface area contributed by atoms with E-state index in [0.717, 1.165) is 10.9 Å². The topological polar surface area (TPSA) is 77.3 Å². The van der Waals surface area contributed by atoms with Crippen molar-refractivity contribution in [3.63, 3.8) is 0 Å². The molecule has 0 spiro atoms. The van der Waals surface area contributed by atoms with Crippen LogP contribution in [0, 0.1) is 13.8 Å². The van der Waals surface area contributed by atoms with Crippen LogP contribution in [-0.2, 0) is 24.2 Å². The summed E-state index contributed by atoms with van der Waals surface area (Å²) < 4.78 is 44.7. The first kappa shape index (κ1) is 23.7. The Labute approximate surface area is 194 Å². The Kier molecular flexibility index (Phi) is 6.33. The highest BCUT2D eigenvalue weighted by Crippen LogP contribution is 2.29. The maximum Gasteiger partial charge on any atom is 0.390 e. The number of nitrogens with zero attached hydrogens (tertiary/aromatic N) is 4. The third kappa shape index (κ3) is 4.76. The average Bonchev–Trinajstić information content (AvgIpc) is 3.15. The van der Waals surface area contributed by atoms with E-state index < -0.39 is 25.1 Å². The van der Waals surface area contributed by atoms with E-state index in [9.17, 15) is 22.8 Å². The molecule has 0 bridgehead atoms. The molecule has 10 heteroatoms. The van der Waals surface area contributed by atoms with E-state index in [1.54, 1.807) is 17.9 Å². The van der Waals surface area contributed by atoms with Crippen molar-refractivity contribution in [1.29, 1.82) is 0 Å². The number of pyridine rings is 1. The number of alkyl halides is 3. The van der Waals surface area contributed by atoms with E-state index in [2.05, 4.69) is 10.1 Å². The standard InChI is InChI=1S/C24H25F3N4O3/c1-4-34-23(33)21-18-13-30(9-7-20(18)31(29-21)10-8-24(25,26)27)22(32)17-12-15(3)28-19-6-5-14(2)11-16(17)19/h5-6,11-12H,4,7-10,13H2,1-3H3. The van der Waals surface area contributed by atoms with Crippen molar-refractivity contribution in [1.82, 2.24) is 19.7 Å². The van der Waals surface area contributed by atoms with Crippen molar-refractivity contribution >= 4 is 22.8 Å². The monoisotopic (exact) mass is 474 g/mol. The molecule has 0 saturated carbocycles. The molecule has 34 heavy (non-hydrogen) atoms. The number of rotatable bonds is 5. The lowest BCUT2D eigenvalue weighted by molar-refractivity contribution is -0.137. The maximum atomic E-state index is 13.6. The van der Waals surface area contributed by atoms with Gasteiger partial charge in [0, 0.05) is 41.8 Å². The van der Waals surface area contributed by atoms with Crippen LogP contribution >= 0.6 is 0 Å². The molecule has 0 radical (unpaired) electrons. The zero-order valence-electron chi connectivity index (χ0n) is 19.2. The fourth-order valence-electron chi connectivity index (χ4n) is 4.26. The summed E-state index contributed by atoms with van der Waals surface area (Å²) in [6.45, 7) is 5.44. The molecule has 7 nitrogen and oxygen atoms in total. The van der Waals surface area contributed by atoms with Gasteiger partial charge in [0.15, 0.2) is 5.69 Å². The first-order valence-electron chi connectivity index (χ1n) is 11.1. The first-order chi connectivity index (χ1) is 16.1. The predicted molar refractivity (Wildman–Crippen MR) is 119 cm³/mol. The number of aryl methyl sites for hydroxylation is 3. The SMILES string of the molecule is CCOC(=O)c1nn(CCC(F)(F)F)c2c1CN(C(=O)c1cc(C)nc3ccc(C)cc13)CC2. The van der Waals surface area contributed by atoms with Gasteiger partial charge in [-0.2, -0.15) is 18.3 Å². The van der Waals surface area contributed by atoms with Crippen LogP contribution in [0.5, 0.6) is 0 Å². The molecule has 1 aliphatic rings. The summed E-state index contributed by atoms with van der Waals surface area (Å²) in [5.74, 6) is -0.941. The highest BCUT2D eigenvalue weighted by Gasteiger charge is 2.33. The van der Waals surface area contributed by atoms with Gasteiger partial charge in [0.2, 0.25) is 0 Å². The number of carbonyl (C=O) groups excluding carboxylic acids is 2. The maximum absolute atomic E-state index is 13.6. The van der Waals surface area contributed by atoms with Gasteiger partial charge in [0.1, 0.15) is 0 Å². The summed E-state index contributed by atoms with van der Waals surface area (Å²) >= 11 is 0. The highest BCUT2D eigenvalue weighted by atomic mass is 19.4. The molecule has 2 aromatic heterocycles. The van der Waals surface area contributed by atoms with Crippen molar-refractivity contribution in [2.45, 2.75) is 52.9 Å². The van der Waals surface area contributed by atoms with Gasteiger partial charge in [0.25, 0.3) is 5.91 Å². The van der Waals surface area contributed by atoms with Crippen molar-refractivity contribution in [3.8, 4) is 0 Å². The Morgan fingerprint density at radius 2 is 1.94 bits per heavy atom. The molecule has 1 aromatic carbocycles. The Balaban J connectivity index is 1.70. The zero-order chi connectivity index (χ0) is 24.6. The lowest BCUT2D eigenvalue weighted by Gasteiger charge is -2.28. The molecule has 1 amide bonds. The summed E-state index contributed by atoms with van der Waals surface area (Å²) in [7, 11) is 0. The summed E-state index contributed by atoms with van der Waals surface area (Å²) in [6, 6.07) is 7.44. The molecule has 0 unspecified atom stereocenters. The molecule has 0 N–H and O–H groups in total. The molecule has 0 fully saturated rings. The largest absolute Gasteiger partial charge is 0.461 e. The molecule has 0 saturated heterocycles. The third-order valence-electron chi connectivity index (χ3n) is 5.82. The molecule has 180 valence electrons. The van der Waals surface area contributed by atoms with Crippen LogP contribution in [0.4, 0.5) is 13.2 Å². The predicted octanol–water partition coefficient (Wildman–Crippen LogP) is 4.38. The second-order valence-electron chi connectivity index (χ2n) is 8.39. The lowest BCUT2D eigenvalue weighted by atomic mass is 10.0. The number of amides is 1. The Morgan fingerprint density at radius 1 is 1.18 bits per heavy atom. The Bertz CT molecular complexity index is 1270. The zero-order valence-corrected chi connectivity index (χ0v) is 19.2. The second kappa shape index (κ2) is 9.08. The van der Waals surface area contributed by atoms with Gasteiger partial charge in [-0.3, -0.25) is 14.5 Å².